The molecule has 0 bridgehead atoms. The second kappa shape index (κ2) is 5.15. The van der Waals surface area contributed by atoms with Gasteiger partial charge in [-0.05, 0) is 32.2 Å². The lowest BCUT2D eigenvalue weighted by atomic mass is 9.98. The molecule has 0 amide bonds. The molecule has 68 valence electrons. The molecule has 0 aromatic carbocycles. The van der Waals surface area contributed by atoms with Crippen molar-refractivity contribution in [3.05, 3.63) is 24.8 Å². The molecule has 0 aromatic heterocycles. The maximum absolute atomic E-state index is 3.91. The Hall–Kier alpha value is -0.560. The van der Waals surface area contributed by atoms with E-state index in [2.05, 4.69) is 18.5 Å². The molecule has 0 spiro atoms. The zero-order valence-corrected chi connectivity index (χ0v) is 7.81. The minimum Gasteiger partial charge on any atom is -0.314 e. The van der Waals surface area contributed by atoms with Crippen LogP contribution in [-0.2, 0) is 0 Å². The van der Waals surface area contributed by atoms with Crippen molar-refractivity contribution in [3.8, 4) is 0 Å². The Kier molecular flexibility index (Phi) is 4.09. The molecule has 1 N–H and O–H groups in total. The average molecular weight is 165 g/mol. The molecular weight excluding hydrogens is 146 g/mol. The first-order valence-electron chi connectivity index (χ1n) is 4.86. The predicted molar refractivity (Wildman–Crippen MR) is 54.2 cm³/mol. The van der Waals surface area contributed by atoms with E-state index >= 15 is 0 Å². The van der Waals surface area contributed by atoms with Gasteiger partial charge in [-0.15, -0.1) is 0 Å². The predicted octanol–water partition coefficient (Wildman–Crippen LogP) is 2.65. The molecule has 1 saturated heterocycles. The second-order valence-corrected chi connectivity index (χ2v) is 3.55. The van der Waals surface area contributed by atoms with Crippen LogP contribution in [0.2, 0.25) is 0 Å². The van der Waals surface area contributed by atoms with Crippen LogP contribution in [0.1, 0.15) is 32.1 Å². The first kappa shape index (κ1) is 9.53. The highest BCUT2D eigenvalue weighted by molar-refractivity contribution is 5.10. The van der Waals surface area contributed by atoms with Crippen LogP contribution in [0.15, 0.2) is 24.8 Å². The van der Waals surface area contributed by atoms with E-state index in [-0.39, 0.29) is 0 Å². The number of allylic oxidation sites excluding steroid dienone is 2. The lowest BCUT2D eigenvalue weighted by Gasteiger charge is -2.23. The molecule has 1 nitrogen and oxygen atoms in total. The SMILES string of the molecule is C=CC(=C)CCC1CCCCN1. The Labute approximate surface area is 75.6 Å². The largest absolute Gasteiger partial charge is 0.314 e. The van der Waals surface area contributed by atoms with Crippen molar-refractivity contribution in [2.45, 2.75) is 38.1 Å². The van der Waals surface area contributed by atoms with Crippen molar-refractivity contribution in [2.24, 2.45) is 0 Å². The topological polar surface area (TPSA) is 12.0 Å². The number of rotatable bonds is 4. The Balaban J connectivity index is 2.12. The highest BCUT2D eigenvalue weighted by Gasteiger charge is 2.11. The third-order valence-corrected chi connectivity index (χ3v) is 2.51. The zero-order valence-electron chi connectivity index (χ0n) is 7.81. The molecule has 1 unspecified atom stereocenters. The summed E-state index contributed by atoms with van der Waals surface area (Å²) in [7, 11) is 0. The van der Waals surface area contributed by atoms with Gasteiger partial charge >= 0.3 is 0 Å². The summed E-state index contributed by atoms with van der Waals surface area (Å²) in [6.45, 7) is 8.82. The van der Waals surface area contributed by atoms with Crippen molar-refractivity contribution in [1.29, 1.82) is 0 Å². The Bertz CT molecular complexity index is 154. The lowest BCUT2D eigenvalue weighted by Crippen LogP contribution is -2.33. The van der Waals surface area contributed by atoms with Crippen LogP contribution >= 0.6 is 0 Å². The van der Waals surface area contributed by atoms with Crippen molar-refractivity contribution < 1.29 is 0 Å². The fourth-order valence-electron chi connectivity index (χ4n) is 1.63. The average Bonchev–Trinajstić information content (AvgIpc) is 2.16. The van der Waals surface area contributed by atoms with Gasteiger partial charge in [0.1, 0.15) is 0 Å². The molecule has 12 heavy (non-hydrogen) atoms. The molecule has 1 heterocycles. The molecule has 0 saturated carbocycles. The summed E-state index contributed by atoms with van der Waals surface area (Å²) in [6, 6.07) is 0.732. The molecule has 1 aliphatic rings. The van der Waals surface area contributed by atoms with E-state index < -0.39 is 0 Å². The Morgan fingerprint density at radius 3 is 2.92 bits per heavy atom. The van der Waals surface area contributed by atoms with Crippen LogP contribution in [0, 0.1) is 0 Å². The quantitative estimate of drug-likeness (QED) is 0.631. The minimum atomic E-state index is 0.732. The normalized spacial score (nSPS) is 23.5. The van der Waals surface area contributed by atoms with E-state index in [9.17, 15) is 0 Å². The molecule has 1 rings (SSSR count). The maximum Gasteiger partial charge on any atom is 0.00702 e. The fraction of sp³-hybridized carbons (Fsp3) is 0.636. The Morgan fingerprint density at radius 2 is 2.33 bits per heavy atom. The summed E-state index contributed by atoms with van der Waals surface area (Å²) in [5, 5.41) is 3.52. The number of hydrogen-bond donors (Lipinski definition) is 1. The van der Waals surface area contributed by atoms with Gasteiger partial charge in [0.05, 0.1) is 0 Å². The summed E-state index contributed by atoms with van der Waals surface area (Å²) >= 11 is 0. The smallest absolute Gasteiger partial charge is 0.00702 e. The van der Waals surface area contributed by atoms with Gasteiger partial charge < -0.3 is 5.32 Å². The van der Waals surface area contributed by atoms with Gasteiger partial charge in [-0.2, -0.15) is 0 Å². The number of nitrogens with one attached hydrogen (secondary N) is 1. The number of hydrogen-bond acceptors (Lipinski definition) is 1. The standard InChI is InChI=1S/C11H19N/c1-3-10(2)7-8-11-6-4-5-9-12-11/h3,11-12H,1-2,4-9H2. The first-order chi connectivity index (χ1) is 5.83. The molecule has 0 aromatic rings. The summed E-state index contributed by atoms with van der Waals surface area (Å²) in [4.78, 5) is 0. The highest BCUT2D eigenvalue weighted by Crippen LogP contribution is 2.14. The zero-order chi connectivity index (χ0) is 8.81. The van der Waals surface area contributed by atoms with Crippen LogP contribution in [0.25, 0.3) is 0 Å². The van der Waals surface area contributed by atoms with Crippen LogP contribution in [0.3, 0.4) is 0 Å². The molecule has 1 atom stereocenters. The summed E-state index contributed by atoms with van der Waals surface area (Å²) < 4.78 is 0. The van der Waals surface area contributed by atoms with Crippen LogP contribution in [0.5, 0.6) is 0 Å². The summed E-state index contributed by atoms with van der Waals surface area (Å²) in [5.74, 6) is 0. The Morgan fingerprint density at radius 1 is 1.50 bits per heavy atom. The number of piperidine rings is 1. The van der Waals surface area contributed by atoms with Gasteiger partial charge in [0.25, 0.3) is 0 Å². The van der Waals surface area contributed by atoms with E-state index in [1.807, 2.05) is 6.08 Å². The van der Waals surface area contributed by atoms with Crippen LogP contribution in [-0.4, -0.2) is 12.6 Å². The van der Waals surface area contributed by atoms with E-state index in [0.717, 1.165) is 12.5 Å². The minimum absolute atomic E-state index is 0.732. The van der Waals surface area contributed by atoms with Gasteiger partial charge in [0.2, 0.25) is 0 Å². The van der Waals surface area contributed by atoms with Gasteiger partial charge in [0, 0.05) is 6.04 Å². The molecule has 0 aliphatic carbocycles. The maximum atomic E-state index is 3.91. The lowest BCUT2D eigenvalue weighted by molar-refractivity contribution is 0.383. The molecule has 1 aliphatic heterocycles. The van der Waals surface area contributed by atoms with Crippen molar-refractivity contribution in [2.75, 3.05) is 6.54 Å². The molecule has 0 radical (unpaired) electrons. The third-order valence-electron chi connectivity index (χ3n) is 2.51. The summed E-state index contributed by atoms with van der Waals surface area (Å²) in [6.07, 6.45) is 8.26. The van der Waals surface area contributed by atoms with E-state index in [1.165, 1.54) is 37.8 Å². The third kappa shape index (κ3) is 3.22. The molecular formula is C11H19N. The van der Waals surface area contributed by atoms with Crippen molar-refractivity contribution >= 4 is 0 Å². The van der Waals surface area contributed by atoms with Gasteiger partial charge in [-0.3, -0.25) is 0 Å². The monoisotopic (exact) mass is 165 g/mol. The van der Waals surface area contributed by atoms with E-state index in [4.69, 9.17) is 0 Å². The van der Waals surface area contributed by atoms with Crippen LogP contribution < -0.4 is 5.32 Å². The van der Waals surface area contributed by atoms with Crippen molar-refractivity contribution in [3.63, 3.8) is 0 Å². The van der Waals surface area contributed by atoms with Gasteiger partial charge in [-0.25, -0.2) is 0 Å². The first-order valence-corrected chi connectivity index (χ1v) is 4.86. The van der Waals surface area contributed by atoms with Gasteiger partial charge in [-0.1, -0.05) is 31.2 Å². The van der Waals surface area contributed by atoms with Crippen molar-refractivity contribution in [1.82, 2.24) is 5.32 Å². The second-order valence-electron chi connectivity index (χ2n) is 3.55. The highest BCUT2D eigenvalue weighted by atomic mass is 14.9. The summed E-state index contributed by atoms with van der Waals surface area (Å²) in [5.41, 5.74) is 1.17. The van der Waals surface area contributed by atoms with E-state index in [1.54, 1.807) is 0 Å². The molecule has 1 heteroatoms. The van der Waals surface area contributed by atoms with Gasteiger partial charge in [0.15, 0.2) is 0 Å². The van der Waals surface area contributed by atoms with E-state index in [0.29, 0.717) is 0 Å². The fourth-order valence-corrected chi connectivity index (χ4v) is 1.63. The van der Waals surface area contributed by atoms with Crippen LogP contribution in [0.4, 0.5) is 0 Å². The molecule has 1 fully saturated rings.